The van der Waals surface area contributed by atoms with Crippen molar-refractivity contribution in [2.45, 2.75) is 26.5 Å². The Morgan fingerprint density at radius 1 is 1.32 bits per heavy atom. The maximum absolute atomic E-state index is 11.1. The zero-order chi connectivity index (χ0) is 16.1. The van der Waals surface area contributed by atoms with Crippen LogP contribution in [0.5, 0.6) is 5.75 Å². The molecule has 0 N–H and O–H groups in total. The van der Waals surface area contributed by atoms with E-state index < -0.39 is 4.92 Å². The van der Waals surface area contributed by atoms with Crippen molar-refractivity contribution in [1.29, 1.82) is 0 Å². The van der Waals surface area contributed by atoms with E-state index in [4.69, 9.17) is 4.74 Å². The van der Waals surface area contributed by atoms with Gasteiger partial charge >= 0.3 is 5.69 Å². The standard InChI is InChI=1S/C16H19N3O3/c1-12(2)22-14-7-4-6-13(10-14)11-18(3)16-15(19(20)21)8-5-9-17-16/h4-10,12H,11H2,1-3H3. The Morgan fingerprint density at radius 2 is 2.09 bits per heavy atom. The van der Waals surface area contributed by atoms with E-state index >= 15 is 0 Å². The first-order chi connectivity index (χ1) is 10.5. The molecule has 0 aliphatic heterocycles. The van der Waals surface area contributed by atoms with Crippen LogP contribution in [0.3, 0.4) is 0 Å². The van der Waals surface area contributed by atoms with Gasteiger partial charge in [0.15, 0.2) is 0 Å². The molecule has 0 spiro atoms. The van der Waals surface area contributed by atoms with Gasteiger partial charge in [-0.1, -0.05) is 12.1 Å². The third-order valence-electron chi connectivity index (χ3n) is 3.01. The van der Waals surface area contributed by atoms with E-state index in [2.05, 4.69) is 4.98 Å². The van der Waals surface area contributed by atoms with Gasteiger partial charge in [0.05, 0.1) is 11.0 Å². The molecular formula is C16H19N3O3. The monoisotopic (exact) mass is 301 g/mol. The minimum Gasteiger partial charge on any atom is -0.491 e. The number of nitrogens with zero attached hydrogens (tertiary/aromatic N) is 3. The number of anilines is 1. The highest BCUT2D eigenvalue weighted by Crippen LogP contribution is 2.25. The highest BCUT2D eigenvalue weighted by atomic mass is 16.6. The first-order valence-corrected chi connectivity index (χ1v) is 7.03. The third-order valence-corrected chi connectivity index (χ3v) is 3.01. The van der Waals surface area contributed by atoms with Crippen LogP contribution in [0, 0.1) is 10.1 Å². The molecule has 6 heteroatoms. The van der Waals surface area contributed by atoms with Crippen molar-refractivity contribution in [2.75, 3.05) is 11.9 Å². The van der Waals surface area contributed by atoms with E-state index in [9.17, 15) is 10.1 Å². The van der Waals surface area contributed by atoms with Crippen LogP contribution >= 0.6 is 0 Å². The van der Waals surface area contributed by atoms with Gasteiger partial charge in [-0.3, -0.25) is 10.1 Å². The van der Waals surface area contributed by atoms with Gasteiger partial charge < -0.3 is 9.64 Å². The molecule has 0 amide bonds. The van der Waals surface area contributed by atoms with Crippen molar-refractivity contribution in [3.05, 3.63) is 58.3 Å². The molecule has 1 aromatic heterocycles. The summed E-state index contributed by atoms with van der Waals surface area (Å²) in [5, 5.41) is 11.1. The second-order valence-corrected chi connectivity index (χ2v) is 5.27. The quantitative estimate of drug-likeness (QED) is 0.604. The Kier molecular flexibility index (Phi) is 4.93. The van der Waals surface area contributed by atoms with Gasteiger partial charge in [0.1, 0.15) is 5.75 Å². The molecule has 0 radical (unpaired) electrons. The molecule has 0 aliphatic rings. The van der Waals surface area contributed by atoms with Crippen molar-refractivity contribution in [1.82, 2.24) is 4.98 Å². The molecule has 1 heterocycles. The molecule has 6 nitrogen and oxygen atoms in total. The lowest BCUT2D eigenvalue weighted by Crippen LogP contribution is -2.19. The van der Waals surface area contributed by atoms with E-state index in [1.807, 2.05) is 38.1 Å². The highest BCUT2D eigenvalue weighted by Gasteiger charge is 2.18. The fourth-order valence-corrected chi connectivity index (χ4v) is 2.16. The van der Waals surface area contributed by atoms with Crippen molar-refractivity contribution >= 4 is 11.5 Å². The lowest BCUT2D eigenvalue weighted by Gasteiger charge is -2.18. The molecule has 22 heavy (non-hydrogen) atoms. The Bertz CT molecular complexity index is 659. The fourth-order valence-electron chi connectivity index (χ4n) is 2.16. The predicted molar refractivity (Wildman–Crippen MR) is 85.2 cm³/mol. The lowest BCUT2D eigenvalue weighted by atomic mass is 10.2. The fraction of sp³-hybridized carbons (Fsp3) is 0.312. The molecule has 0 aliphatic carbocycles. The molecule has 2 rings (SSSR count). The summed E-state index contributed by atoms with van der Waals surface area (Å²) >= 11 is 0. The number of pyridine rings is 1. The molecular weight excluding hydrogens is 282 g/mol. The second-order valence-electron chi connectivity index (χ2n) is 5.27. The Labute approximate surface area is 129 Å². The molecule has 116 valence electrons. The Hall–Kier alpha value is -2.63. The summed E-state index contributed by atoms with van der Waals surface area (Å²) < 4.78 is 5.66. The lowest BCUT2D eigenvalue weighted by molar-refractivity contribution is -0.384. The number of ether oxygens (including phenoxy) is 1. The van der Waals surface area contributed by atoms with Crippen LogP contribution in [0.1, 0.15) is 19.4 Å². The number of benzene rings is 1. The van der Waals surface area contributed by atoms with Gasteiger partial charge in [-0.25, -0.2) is 4.98 Å². The van der Waals surface area contributed by atoms with E-state index in [1.165, 1.54) is 6.07 Å². The SMILES string of the molecule is CC(C)Oc1cccc(CN(C)c2ncccc2[N+](=O)[O-])c1. The van der Waals surface area contributed by atoms with Crippen LogP contribution in [0.15, 0.2) is 42.6 Å². The zero-order valence-corrected chi connectivity index (χ0v) is 12.9. The average molecular weight is 301 g/mol. The van der Waals surface area contributed by atoms with Gasteiger partial charge in [0.25, 0.3) is 0 Å². The summed E-state index contributed by atoms with van der Waals surface area (Å²) in [5.41, 5.74) is 1.00. The summed E-state index contributed by atoms with van der Waals surface area (Å²) in [5.74, 6) is 1.14. The zero-order valence-electron chi connectivity index (χ0n) is 12.9. The highest BCUT2D eigenvalue weighted by molar-refractivity contribution is 5.57. The predicted octanol–water partition coefficient (Wildman–Crippen LogP) is 3.41. The molecule has 0 fully saturated rings. The topological polar surface area (TPSA) is 68.5 Å². The van der Waals surface area contributed by atoms with Gasteiger partial charge in [-0.2, -0.15) is 0 Å². The summed E-state index contributed by atoms with van der Waals surface area (Å²) in [7, 11) is 1.78. The van der Waals surface area contributed by atoms with Crippen LogP contribution in [-0.4, -0.2) is 23.1 Å². The molecule has 0 unspecified atom stereocenters. The first kappa shape index (κ1) is 15.8. The normalized spacial score (nSPS) is 10.5. The minimum absolute atomic E-state index is 0.000384. The number of hydrogen-bond donors (Lipinski definition) is 0. The van der Waals surface area contributed by atoms with Crippen LogP contribution in [0.4, 0.5) is 11.5 Å². The summed E-state index contributed by atoms with van der Waals surface area (Å²) in [6, 6.07) is 10.7. The van der Waals surface area contributed by atoms with Gasteiger partial charge in [0.2, 0.25) is 5.82 Å². The van der Waals surface area contributed by atoms with Crippen molar-refractivity contribution in [2.24, 2.45) is 0 Å². The van der Waals surface area contributed by atoms with Crippen LogP contribution in [0.2, 0.25) is 0 Å². The van der Waals surface area contributed by atoms with Crippen LogP contribution in [-0.2, 0) is 6.54 Å². The average Bonchev–Trinajstić information content (AvgIpc) is 2.46. The van der Waals surface area contributed by atoms with E-state index in [1.54, 1.807) is 24.2 Å². The molecule has 0 saturated heterocycles. The van der Waals surface area contributed by atoms with E-state index in [0.717, 1.165) is 11.3 Å². The first-order valence-electron chi connectivity index (χ1n) is 7.03. The molecule has 0 bridgehead atoms. The van der Waals surface area contributed by atoms with Crippen molar-refractivity contribution in [3.63, 3.8) is 0 Å². The smallest absolute Gasteiger partial charge is 0.311 e. The molecule has 2 aromatic rings. The van der Waals surface area contributed by atoms with Crippen LogP contribution in [0.25, 0.3) is 0 Å². The van der Waals surface area contributed by atoms with E-state index in [-0.39, 0.29) is 11.8 Å². The summed E-state index contributed by atoms with van der Waals surface area (Å²) in [6.07, 6.45) is 1.65. The second kappa shape index (κ2) is 6.89. The minimum atomic E-state index is -0.420. The van der Waals surface area contributed by atoms with Gasteiger partial charge in [-0.15, -0.1) is 0 Å². The van der Waals surface area contributed by atoms with Gasteiger partial charge in [0, 0.05) is 25.9 Å². The van der Waals surface area contributed by atoms with Crippen molar-refractivity contribution in [3.8, 4) is 5.75 Å². The molecule has 0 saturated carbocycles. The largest absolute Gasteiger partial charge is 0.491 e. The maximum Gasteiger partial charge on any atom is 0.311 e. The Morgan fingerprint density at radius 3 is 2.77 bits per heavy atom. The van der Waals surface area contributed by atoms with Gasteiger partial charge in [-0.05, 0) is 37.6 Å². The van der Waals surface area contributed by atoms with E-state index in [0.29, 0.717) is 12.4 Å². The number of aromatic nitrogens is 1. The maximum atomic E-state index is 11.1. The number of rotatable bonds is 6. The van der Waals surface area contributed by atoms with Crippen LogP contribution < -0.4 is 9.64 Å². The summed E-state index contributed by atoms with van der Waals surface area (Å²) in [6.45, 7) is 4.44. The number of hydrogen-bond acceptors (Lipinski definition) is 5. The third kappa shape index (κ3) is 3.94. The molecule has 0 atom stereocenters. The van der Waals surface area contributed by atoms with Crippen molar-refractivity contribution < 1.29 is 9.66 Å². The Balaban J connectivity index is 2.19. The molecule has 1 aromatic carbocycles. The summed E-state index contributed by atoms with van der Waals surface area (Å²) in [4.78, 5) is 16.5. The number of nitro groups is 1.